The topological polar surface area (TPSA) is 70.9 Å². The Morgan fingerprint density at radius 3 is 2.40 bits per heavy atom. The summed E-state index contributed by atoms with van der Waals surface area (Å²) in [5.74, 6) is -1.48. The number of rotatable bonds is 5. The van der Waals surface area contributed by atoms with Crippen LogP contribution in [0.4, 0.5) is 17.6 Å². The summed E-state index contributed by atoms with van der Waals surface area (Å²) in [6.45, 7) is 1.56. The Morgan fingerprint density at radius 2 is 1.80 bits per heavy atom. The van der Waals surface area contributed by atoms with Crippen LogP contribution in [-0.2, 0) is 10.4 Å². The molecule has 11 heteroatoms. The third kappa shape index (κ3) is 4.55. The van der Waals surface area contributed by atoms with E-state index in [0.717, 1.165) is 12.1 Å². The second-order valence-electron chi connectivity index (χ2n) is 8.15. The first-order valence-electron chi connectivity index (χ1n) is 10.4. The number of oxime groups is 1. The lowest BCUT2D eigenvalue weighted by molar-refractivity contribution is -0.275. The fraction of sp³-hybridized carbons (Fsp3) is 0.250. The second kappa shape index (κ2) is 9.29. The van der Waals surface area contributed by atoms with Crippen LogP contribution in [0.3, 0.4) is 0 Å². The third-order valence-electron chi connectivity index (χ3n) is 5.67. The summed E-state index contributed by atoms with van der Waals surface area (Å²) in [4.78, 5) is 17.6. The highest BCUT2D eigenvalue weighted by Gasteiger charge is 2.62. The van der Waals surface area contributed by atoms with Gasteiger partial charge >= 0.3 is 6.18 Å². The fourth-order valence-electron chi connectivity index (χ4n) is 3.92. The summed E-state index contributed by atoms with van der Waals surface area (Å²) in [7, 11) is 0. The Morgan fingerprint density at radius 1 is 1.17 bits per heavy atom. The van der Waals surface area contributed by atoms with E-state index in [0.29, 0.717) is 16.3 Å². The van der Waals surface area contributed by atoms with E-state index in [1.165, 1.54) is 19.1 Å². The first kappa shape index (κ1) is 25.2. The molecule has 0 spiro atoms. The molecule has 5 nitrogen and oxygen atoms in total. The van der Waals surface area contributed by atoms with Crippen molar-refractivity contribution in [2.75, 3.05) is 6.54 Å². The molecule has 1 heterocycles. The molecule has 0 aliphatic carbocycles. The van der Waals surface area contributed by atoms with Gasteiger partial charge in [-0.05, 0) is 35.9 Å². The number of alkyl halides is 3. The number of carbonyl (C=O) groups excluding carboxylic acids is 1. The molecule has 3 aromatic rings. The van der Waals surface area contributed by atoms with Crippen molar-refractivity contribution < 1.29 is 32.3 Å². The Hall–Kier alpha value is -2.88. The summed E-state index contributed by atoms with van der Waals surface area (Å²) >= 11 is 11.5. The normalized spacial score (nSPS) is 18.8. The van der Waals surface area contributed by atoms with Crippen LogP contribution in [0.1, 0.15) is 34.8 Å². The van der Waals surface area contributed by atoms with Gasteiger partial charge in [0.15, 0.2) is 5.82 Å². The van der Waals surface area contributed by atoms with Gasteiger partial charge in [0.25, 0.3) is 11.5 Å². The van der Waals surface area contributed by atoms with E-state index in [9.17, 15) is 27.5 Å². The summed E-state index contributed by atoms with van der Waals surface area (Å²) < 4.78 is 56.9. The smallest absolute Gasteiger partial charge is 0.392 e. The number of aliphatic hydroxyl groups excluding tert-OH is 1. The minimum absolute atomic E-state index is 0.0222. The number of hydrogen-bond acceptors (Lipinski definition) is 4. The molecule has 3 aromatic carbocycles. The molecule has 2 unspecified atom stereocenters. The van der Waals surface area contributed by atoms with Gasteiger partial charge in [0.1, 0.15) is 0 Å². The number of hydrogen-bond donors (Lipinski definition) is 2. The molecule has 0 fully saturated rings. The lowest BCUT2D eigenvalue weighted by atomic mass is 9.85. The van der Waals surface area contributed by atoms with Crippen LogP contribution in [0.5, 0.6) is 0 Å². The maximum Gasteiger partial charge on any atom is 0.435 e. The van der Waals surface area contributed by atoms with E-state index in [1.54, 1.807) is 24.3 Å². The van der Waals surface area contributed by atoms with Crippen molar-refractivity contribution in [1.82, 2.24) is 5.32 Å². The van der Waals surface area contributed by atoms with Gasteiger partial charge in [0.05, 0.1) is 21.9 Å². The van der Waals surface area contributed by atoms with Crippen LogP contribution in [0, 0.1) is 5.82 Å². The number of fused-ring (bicyclic) bond motifs is 1. The van der Waals surface area contributed by atoms with E-state index in [-0.39, 0.29) is 17.8 Å². The lowest BCUT2D eigenvalue weighted by Gasteiger charge is -2.29. The van der Waals surface area contributed by atoms with Crippen molar-refractivity contribution in [3.8, 4) is 0 Å². The largest absolute Gasteiger partial charge is 0.435 e. The molecule has 0 bridgehead atoms. The predicted octanol–water partition coefficient (Wildman–Crippen LogP) is 5.98. The van der Waals surface area contributed by atoms with Crippen LogP contribution >= 0.6 is 23.2 Å². The second-order valence-corrected chi connectivity index (χ2v) is 8.96. The summed E-state index contributed by atoms with van der Waals surface area (Å²) in [6, 6.07) is 11.3. The molecule has 1 aliphatic heterocycles. The molecule has 1 amide bonds. The van der Waals surface area contributed by atoms with Gasteiger partial charge in [-0.3, -0.25) is 4.79 Å². The molecule has 0 radical (unpaired) electrons. The first-order valence-corrected chi connectivity index (χ1v) is 11.2. The van der Waals surface area contributed by atoms with Gasteiger partial charge in [-0.2, -0.15) is 13.2 Å². The van der Waals surface area contributed by atoms with E-state index in [1.807, 2.05) is 0 Å². The van der Waals surface area contributed by atoms with E-state index >= 15 is 0 Å². The van der Waals surface area contributed by atoms with Crippen molar-refractivity contribution in [2.24, 2.45) is 5.16 Å². The molecular formula is C24H18Cl2F4N2O3. The highest BCUT2D eigenvalue weighted by molar-refractivity contribution is 6.35. The molecule has 35 heavy (non-hydrogen) atoms. The summed E-state index contributed by atoms with van der Waals surface area (Å²) in [5.41, 5.74) is -2.83. The zero-order chi connectivity index (χ0) is 25.5. The number of aliphatic hydroxyl groups is 1. The van der Waals surface area contributed by atoms with Gasteiger partial charge in [0.2, 0.25) is 0 Å². The van der Waals surface area contributed by atoms with E-state index in [4.69, 9.17) is 28.0 Å². The Labute approximate surface area is 207 Å². The third-order valence-corrected chi connectivity index (χ3v) is 6.22. The predicted molar refractivity (Wildman–Crippen MR) is 124 cm³/mol. The minimum Gasteiger partial charge on any atom is -0.392 e. The molecule has 0 saturated heterocycles. The summed E-state index contributed by atoms with van der Waals surface area (Å²) in [6.07, 6.45) is -6.43. The number of amides is 1. The van der Waals surface area contributed by atoms with Gasteiger partial charge in [-0.25, -0.2) is 4.39 Å². The van der Waals surface area contributed by atoms with Crippen LogP contribution in [-0.4, -0.2) is 35.6 Å². The van der Waals surface area contributed by atoms with Crippen molar-refractivity contribution in [1.29, 1.82) is 0 Å². The molecule has 0 saturated carbocycles. The Bertz CT molecular complexity index is 1320. The Balaban J connectivity index is 1.77. The van der Waals surface area contributed by atoms with Gasteiger partial charge < -0.3 is 15.3 Å². The molecule has 2 atom stereocenters. The number of halogens is 6. The number of nitrogens with zero attached hydrogens (tertiary/aromatic N) is 1. The quantitative estimate of drug-likeness (QED) is 0.316. The van der Waals surface area contributed by atoms with E-state index < -0.39 is 51.6 Å². The highest BCUT2D eigenvalue weighted by atomic mass is 35.5. The summed E-state index contributed by atoms with van der Waals surface area (Å²) in [5, 5.41) is 15.6. The van der Waals surface area contributed by atoms with Gasteiger partial charge in [-0.15, -0.1) is 0 Å². The van der Waals surface area contributed by atoms with Crippen LogP contribution in [0.15, 0.2) is 53.7 Å². The van der Waals surface area contributed by atoms with Crippen LogP contribution in [0.2, 0.25) is 10.0 Å². The minimum atomic E-state index is -4.95. The number of nitrogens with one attached hydrogen (secondary N) is 1. The fourth-order valence-corrected chi connectivity index (χ4v) is 4.41. The zero-order valence-corrected chi connectivity index (χ0v) is 19.6. The van der Waals surface area contributed by atoms with Crippen molar-refractivity contribution in [2.45, 2.75) is 31.2 Å². The monoisotopic (exact) mass is 528 g/mol. The number of carbonyl (C=O) groups is 1. The lowest BCUT2D eigenvalue weighted by Crippen LogP contribution is -2.42. The zero-order valence-electron chi connectivity index (χ0n) is 18.1. The highest BCUT2D eigenvalue weighted by Crippen LogP contribution is 2.50. The first-order chi connectivity index (χ1) is 16.4. The van der Waals surface area contributed by atoms with Crippen molar-refractivity contribution >= 4 is 45.6 Å². The molecule has 0 aromatic heterocycles. The maximum atomic E-state index is 14.3. The Kier molecular flexibility index (Phi) is 6.70. The van der Waals surface area contributed by atoms with Crippen LogP contribution in [0.25, 0.3) is 10.8 Å². The number of benzene rings is 3. The SMILES string of the molecule is CC(O)CNC(=O)c1ccc(C2=NOC(c3cc(Cl)c(F)c(Cl)c3)(C(F)(F)F)C2)c2ccccc12. The van der Waals surface area contributed by atoms with Gasteiger partial charge in [-0.1, -0.05) is 58.7 Å². The van der Waals surface area contributed by atoms with Crippen molar-refractivity contribution in [3.05, 3.63) is 81.1 Å². The molecule has 184 valence electrons. The molecule has 2 N–H and O–H groups in total. The van der Waals surface area contributed by atoms with Crippen molar-refractivity contribution in [3.63, 3.8) is 0 Å². The van der Waals surface area contributed by atoms with Crippen LogP contribution < -0.4 is 5.32 Å². The molecular weight excluding hydrogens is 511 g/mol. The standard InChI is InChI=1S/C24H18Cl2F4N2O3/c1-12(33)11-31-22(34)17-7-6-16(14-4-2-3-5-15(14)17)20-10-23(35-32-20,24(28,29)30)13-8-18(25)21(27)19(26)9-13/h2-9,12,33H,10-11H2,1H3,(H,31,34). The van der Waals surface area contributed by atoms with Gasteiger partial charge in [0, 0.05) is 29.7 Å². The molecule has 1 aliphatic rings. The maximum absolute atomic E-state index is 14.3. The molecule has 4 rings (SSSR count). The average molecular weight is 529 g/mol. The van der Waals surface area contributed by atoms with E-state index in [2.05, 4.69) is 10.5 Å². The average Bonchev–Trinajstić information content (AvgIpc) is 3.26.